The molecule has 17 nitrogen and oxygen atoms in total. The van der Waals surface area contributed by atoms with Gasteiger partial charge in [-0.3, -0.25) is 37.3 Å². The molecule has 3 N–H and O–H groups in total. The number of hydrogen-bond acceptors (Lipinski definition) is 15. The lowest BCUT2D eigenvalue weighted by Gasteiger charge is -2.21. The van der Waals surface area contributed by atoms with Crippen LogP contribution in [0.4, 0.5) is 0 Å². The molecule has 5 unspecified atom stereocenters. The van der Waals surface area contributed by atoms with Crippen LogP contribution >= 0.6 is 15.6 Å². The van der Waals surface area contributed by atoms with Crippen molar-refractivity contribution >= 4 is 39.5 Å². The zero-order valence-corrected chi connectivity index (χ0v) is 66.6. The van der Waals surface area contributed by atoms with E-state index in [9.17, 15) is 43.2 Å². The molecule has 102 heavy (non-hydrogen) atoms. The Bertz CT molecular complexity index is 2260. The first-order chi connectivity index (χ1) is 49.7. The van der Waals surface area contributed by atoms with Crippen LogP contribution in [-0.2, 0) is 65.4 Å². The summed E-state index contributed by atoms with van der Waals surface area (Å²) in [5, 5.41) is 10.6. The summed E-state index contributed by atoms with van der Waals surface area (Å²) in [6.45, 7) is 4.72. The Hall–Kier alpha value is -3.76. The molecule has 0 spiro atoms. The second-order valence-corrected chi connectivity index (χ2v) is 30.3. The van der Waals surface area contributed by atoms with E-state index in [4.69, 9.17) is 37.0 Å². The van der Waals surface area contributed by atoms with Gasteiger partial charge < -0.3 is 33.8 Å². The van der Waals surface area contributed by atoms with Gasteiger partial charge >= 0.3 is 39.5 Å². The summed E-state index contributed by atoms with van der Waals surface area (Å²) >= 11 is 0. The van der Waals surface area contributed by atoms with Crippen LogP contribution in [0.3, 0.4) is 0 Å². The fourth-order valence-electron chi connectivity index (χ4n) is 11.2. The second-order valence-electron chi connectivity index (χ2n) is 27.3. The number of unbranched alkanes of at least 4 members (excludes halogenated alkanes) is 37. The van der Waals surface area contributed by atoms with Crippen LogP contribution < -0.4 is 0 Å². The average molecular weight is 1480 g/mol. The van der Waals surface area contributed by atoms with Crippen LogP contribution in [0.2, 0.25) is 0 Å². The molecule has 592 valence electrons. The van der Waals surface area contributed by atoms with E-state index in [1.807, 2.05) is 0 Å². The van der Waals surface area contributed by atoms with Gasteiger partial charge in [-0.2, -0.15) is 0 Å². The number of hydrogen-bond donors (Lipinski definition) is 3. The van der Waals surface area contributed by atoms with Gasteiger partial charge in [0.15, 0.2) is 12.2 Å². The summed E-state index contributed by atoms with van der Waals surface area (Å²) in [6.07, 6.45) is 78.4. The number of aliphatic hydroxyl groups is 1. The minimum Gasteiger partial charge on any atom is -0.462 e. The first-order valence-corrected chi connectivity index (χ1v) is 43.8. The second kappa shape index (κ2) is 75.5. The summed E-state index contributed by atoms with van der Waals surface area (Å²) in [5.41, 5.74) is 0. The number of rotatable bonds is 77. The van der Waals surface area contributed by atoms with Gasteiger partial charge in [0, 0.05) is 25.7 Å². The van der Waals surface area contributed by atoms with E-state index in [0.29, 0.717) is 25.7 Å². The predicted molar refractivity (Wildman–Crippen MR) is 418 cm³/mol. The quantitative estimate of drug-likeness (QED) is 0.0169. The molecule has 0 aliphatic carbocycles. The van der Waals surface area contributed by atoms with E-state index in [1.54, 1.807) is 0 Å². The third-order valence-electron chi connectivity index (χ3n) is 17.4. The highest BCUT2D eigenvalue weighted by Gasteiger charge is 2.30. The molecule has 0 aliphatic rings. The van der Waals surface area contributed by atoms with Gasteiger partial charge in [0.05, 0.1) is 26.4 Å². The lowest BCUT2D eigenvalue weighted by Crippen LogP contribution is -2.30. The highest BCUT2D eigenvalue weighted by Crippen LogP contribution is 2.45. The van der Waals surface area contributed by atoms with Crippen LogP contribution in [0, 0.1) is 0 Å². The topological polar surface area (TPSA) is 237 Å². The summed E-state index contributed by atoms with van der Waals surface area (Å²) < 4.78 is 68.6. The molecule has 0 amide bonds. The molecule has 0 saturated heterocycles. The van der Waals surface area contributed by atoms with E-state index >= 15 is 0 Å². The van der Waals surface area contributed by atoms with Crippen molar-refractivity contribution in [2.24, 2.45) is 0 Å². The zero-order chi connectivity index (χ0) is 74.6. The van der Waals surface area contributed by atoms with Gasteiger partial charge in [-0.25, -0.2) is 9.13 Å². The third-order valence-corrected chi connectivity index (χ3v) is 19.3. The Morgan fingerprint density at radius 2 is 0.529 bits per heavy atom. The Balaban J connectivity index is 5.35. The SMILES string of the molecule is CC/C=C\C/C=C\C/C=C\C/C=C\C/C=C\CCCCCC(=O)OCC(COP(=O)(O)OCC(O)COP(=O)(O)OCC(COC(=O)CCCCCCCCCCCCCCCCC)OC(=O)CCCCCCC/C=C\C/C=C\CCC)OC(=O)CCCCCCCCCCCCCCCCC. The minimum absolute atomic E-state index is 0.0820. The van der Waals surface area contributed by atoms with Crippen LogP contribution in [0.25, 0.3) is 0 Å². The van der Waals surface area contributed by atoms with Crippen molar-refractivity contribution in [2.45, 2.75) is 380 Å². The molecule has 0 aromatic heterocycles. The zero-order valence-electron chi connectivity index (χ0n) is 64.8. The number of carbonyl (C=O) groups excluding carboxylic acids is 4. The molecule has 0 radical (unpaired) electrons. The molecule has 0 rings (SSSR count). The smallest absolute Gasteiger partial charge is 0.462 e. The maximum atomic E-state index is 13.1. The van der Waals surface area contributed by atoms with Crippen molar-refractivity contribution in [3.63, 3.8) is 0 Å². The molecule has 0 bridgehead atoms. The van der Waals surface area contributed by atoms with E-state index in [-0.39, 0.29) is 25.7 Å². The number of allylic oxidation sites excluding steroid dienone is 14. The fraction of sp³-hybridized carbons (Fsp3) is 0.783. The first-order valence-electron chi connectivity index (χ1n) is 40.8. The monoisotopic (exact) mass is 1480 g/mol. The Kier molecular flexibility index (Phi) is 72.7. The number of carbonyl (C=O) groups is 4. The number of esters is 4. The van der Waals surface area contributed by atoms with Gasteiger partial charge in [0.1, 0.15) is 19.3 Å². The maximum Gasteiger partial charge on any atom is 0.472 e. The molecule has 0 saturated carbocycles. The third kappa shape index (κ3) is 74.5. The largest absolute Gasteiger partial charge is 0.472 e. The van der Waals surface area contributed by atoms with Crippen LogP contribution in [0.1, 0.15) is 362 Å². The highest BCUT2D eigenvalue weighted by molar-refractivity contribution is 7.47. The number of phosphoric ester groups is 2. The maximum absolute atomic E-state index is 13.1. The Morgan fingerprint density at radius 1 is 0.284 bits per heavy atom. The lowest BCUT2D eigenvalue weighted by atomic mass is 10.0. The lowest BCUT2D eigenvalue weighted by molar-refractivity contribution is -0.161. The summed E-state index contributed by atoms with van der Waals surface area (Å²) in [4.78, 5) is 73.0. The first kappa shape index (κ1) is 98.2. The fourth-order valence-corrected chi connectivity index (χ4v) is 12.7. The number of phosphoric acid groups is 2. The standard InChI is InChI=1S/C83H148O17P2/c1-5-9-13-17-21-25-29-33-36-37-38-39-42-45-48-52-56-60-64-68-81(86)94-74-79(100-83(88)70-66-62-58-54-50-46-41-35-31-27-23-19-15-11-7-3)76-98-102(91,92)96-72-77(84)71-95-101(89,90)97-75-78(99-82(87)69-65-61-57-53-49-43-32-28-24-20-16-12-8-4)73-93-80(85)67-63-59-55-51-47-44-40-34-30-26-22-18-14-10-6-2/h9,13,16,20-21,25,28,32-33,36,38-39,45,48,77-79,84H,5-8,10-12,14-15,17-19,22-24,26-27,29-31,34-35,37,40-44,46-47,49-76H2,1-4H3,(H,89,90)(H,91,92)/b13-9-,20-16-,25-21-,32-28-,36-33-,39-38-,48-45-. The molecular formula is C83H148O17P2. The van der Waals surface area contributed by atoms with Crippen LogP contribution in [0.5, 0.6) is 0 Å². The van der Waals surface area contributed by atoms with Crippen molar-refractivity contribution in [3.05, 3.63) is 85.1 Å². The molecule has 0 fully saturated rings. The molecule has 0 aliphatic heterocycles. The van der Waals surface area contributed by atoms with E-state index in [1.165, 1.54) is 135 Å². The van der Waals surface area contributed by atoms with Crippen LogP contribution in [0.15, 0.2) is 85.1 Å². The Morgan fingerprint density at radius 3 is 0.833 bits per heavy atom. The Labute approximate surface area is 621 Å². The normalized spacial score (nSPS) is 14.3. The predicted octanol–water partition coefficient (Wildman–Crippen LogP) is 23.8. The van der Waals surface area contributed by atoms with E-state index in [2.05, 4.69) is 113 Å². The molecule has 19 heteroatoms. The minimum atomic E-state index is -4.98. The summed E-state index contributed by atoms with van der Waals surface area (Å²) in [5.74, 6) is -2.20. The van der Waals surface area contributed by atoms with Gasteiger partial charge in [-0.1, -0.05) is 325 Å². The van der Waals surface area contributed by atoms with Gasteiger partial charge in [-0.05, 0) is 96.3 Å². The van der Waals surface area contributed by atoms with E-state index < -0.39 is 97.5 Å². The van der Waals surface area contributed by atoms with Crippen molar-refractivity contribution in [3.8, 4) is 0 Å². The van der Waals surface area contributed by atoms with E-state index in [0.717, 1.165) is 148 Å². The van der Waals surface area contributed by atoms with Gasteiger partial charge in [0.25, 0.3) is 0 Å². The molecule has 0 aromatic rings. The van der Waals surface area contributed by atoms with Gasteiger partial charge in [-0.15, -0.1) is 0 Å². The van der Waals surface area contributed by atoms with Crippen molar-refractivity contribution in [1.29, 1.82) is 0 Å². The van der Waals surface area contributed by atoms with Crippen molar-refractivity contribution in [2.75, 3.05) is 39.6 Å². The van der Waals surface area contributed by atoms with Crippen molar-refractivity contribution < 1.29 is 80.2 Å². The molecular weight excluding hydrogens is 1330 g/mol. The number of aliphatic hydroxyl groups excluding tert-OH is 1. The molecule has 0 heterocycles. The summed E-state index contributed by atoms with van der Waals surface area (Å²) in [7, 11) is -9.96. The van der Waals surface area contributed by atoms with Crippen molar-refractivity contribution in [1.82, 2.24) is 0 Å². The highest BCUT2D eigenvalue weighted by atomic mass is 31.2. The van der Waals surface area contributed by atoms with Crippen LogP contribution in [-0.4, -0.2) is 96.7 Å². The molecule has 5 atom stereocenters. The summed E-state index contributed by atoms with van der Waals surface area (Å²) in [6, 6.07) is 0. The molecule has 0 aromatic carbocycles. The number of ether oxygens (including phenoxy) is 4. The average Bonchev–Trinajstić information content (AvgIpc) is 0.924. The van der Waals surface area contributed by atoms with Gasteiger partial charge in [0.2, 0.25) is 0 Å².